The largest absolute Gasteiger partial charge is 0.346 e. The summed E-state index contributed by atoms with van der Waals surface area (Å²) in [7, 11) is 0. The number of rotatable bonds is 1. The Morgan fingerprint density at radius 3 is 2.54 bits per heavy atom. The van der Waals surface area contributed by atoms with E-state index in [1.54, 1.807) is 5.38 Å². The highest BCUT2D eigenvalue weighted by Crippen LogP contribution is 2.09. The van der Waals surface area contributed by atoms with Crippen LogP contribution in [0.4, 0.5) is 0 Å². The van der Waals surface area contributed by atoms with E-state index >= 15 is 0 Å². The minimum absolute atomic E-state index is 0.100. The minimum atomic E-state index is -0.200. The molecule has 1 rings (SSSR count). The number of thiazole rings is 1. The quantitative estimate of drug-likeness (QED) is 0.749. The van der Waals surface area contributed by atoms with Gasteiger partial charge in [0.15, 0.2) is 0 Å². The first kappa shape index (κ1) is 10.2. The van der Waals surface area contributed by atoms with Crippen LogP contribution in [-0.4, -0.2) is 16.4 Å². The summed E-state index contributed by atoms with van der Waals surface area (Å²) in [4.78, 5) is 15.6. The Bertz CT molecular complexity index is 312. The number of nitrogens with zero attached hydrogens (tertiary/aromatic N) is 1. The molecule has 4 heteroatoms. The summed E-state index contributed by atoms with van der Waals surface area (Å²) < 4.78 is 0. The van der Waals surface area contributed by atoms with Gasteiger partial charge in [-0.3, -0.25) is 4.79 Å². The zero-order chi connectivity index (χ0) is 10.1. The summed E-state index contributed by atoms with van der Waals surface area (Å²) in [6, 6.07) is 0. The highest BCUT2D eigenvalue weighted by molar-refractivity contribution is 7.09. The molecule has 1 heterocycles. The first-order valence-corrected chi connectivity index (χ1v) is 5.01. The van der Waals surface area contributed by atoms with Gasteiger partial charge >= 0.3 is 0 Å². The second kappa shape index (κ2) is 3.46. The fourth-order valence-electron chi connectivity index (χ4n) is 0.872. The normalized spacial score (nSPS) is 11.4. The van der Waals surface area contributed by atoms with Gasteiger partial charge in [0.25, 0.3) is 5.91 Å². The van der Waals surface area contributed by atoms with Gasteiger partial charge in [0.2, 0.25) is 0 Å². The van der Waals surface area contributed by atoms with E-state index in [1.165, 1.54) is 11.3 Å². The molecule has 1 aromatic rings. The Kier molecular flexibility index (Phi) is 2.71. The summed E-state index contributed by atoms with van der Waals surface area (Å²) in [5, 5.41) is 5.54. The van der Waals surface area contributed by atoms with Crippen molar-refractivity contribution in [3.8, 4) is 0 Å². The van der Waals surface area contributed by atoms with Crippen LogP contribution in [0, 0.1) is 6.92 Å². The molecule has 72 valence electrons. The fourth-order valence-corrected chi connectivity index (χ4v) is 1.47. The maximum Gasteiger partial charge on any atom is 0.271 e. The van der Waals surface area contributed by atoms with Gasteiger partial charge in [-0.25, -0.2) is 4.98 Å². The topological polar surface area (TPSA) is 42.0 Å². The predicted molar refractivity (Wildman–Crippen MR) is 54.1 cm³/mol. The highest BCUT2D eigenvalue weighted by atomic mass is 32.1. The van der Waals surface area contributed by atoms with Crippen molar-refractivity contribution in [1.82, 2.24) is 10.3 Å². The van der Waals surface area contributed by atoms with Crippen LogP contribution in [0.15, 0.2) is 5.38 Å². The van der Waals surface area contributed by atoms with Crippen LogP contribution in [0.5, 0.6) is 0 Å². The van der Waals surface area contributed by atoms with Crippen molar-refractivity contribution in [1.29, 1.82) is 0 Å². The predicted octanol–water partition coefficient (Wildman–Crippen LogP) is 1.98. The molecule has 0 atom stereocenters. The van der Waals surface area contributed by atoms with Gasteiger partial charge in [0, 0.05) is 10.9 Å². The Balaban J connectivity index is 2.70. The third-order valence-corrected chi connectivity index (χ3v) is 2.11. The molecule has 0 saturated carbocycles. The molecule has 0 spiro atoms. The molecule has 0 radical (unpaired) electrons. The van der Waals surface area contributed by atoms with E-state index in [0.717, 1.165) is 5.01 Å². The monoisotopic (exact) mass is 198 g/mol. The van der Waals surface area contributed by atoms with Crippen LogP contribution >= 0.6 is 11.3 Å². The molecule has 1 aromatic heterocycles. The van der Waals surface area contributed by atoms with Crippen LogP contribution in [0.25, 0.3) is 0 Å². The number of hydrogen-bond donors (Lipinski definition) is 1. The van der Waals surface area contributed by atoms with E-state index in [4.69, 9.17) is 0 Å². The summed E-state index contributed by atoms with van der Waals surface area (Å²) in [5.41, 5.74) is 0.312. The molecular weight excluding hydrogens is 184 g/mol. The minimum Gasteiger partial charge on any atom is -0.346 e. The highest BCUT2D eigenvalue weighted by Gasteiger charge is 2.16. The van der Waals surface area contributed by atoms with Gasteiger partial charge in [-0.15, -0.1) is 11.3 Å². The average Bonchev–Trinajstić information content (AvgIpc) is 2.31. The number of amides is 1. The Morgan fingerprint density at radius 2 is 2.15 bits per heavy atom. The summed E-state index contributed by atoms with van der Waals surface area (Å²) >= 11 is 1.49. The van der Waals surface area contributed by atoms with E-state index in [-0.39, 0.29) is 11.4 Å². The molecule has 0 aliphatic carbocycles. The Morgan fingerprint density at radius 1 is 1.54 bits per heavy atom. The van der Waals surface area contributed by atoms with Gasteiger partial charge < -0.3 is 5.32 Å². The number of aryl methyl sites for hydroxylation is 1. The molecule has 3 nitrogen and oxygen atoms in total. The lowest BCUT2D eigenvalue weighted by atomic mass is 10.1. The van der Waals surface area contributed by atoms with Crippen molar-refractivity contribution in [3.05, 3.63) is 16.1 Å². The molecular formula is C9H14N2OS. The van der Waals surface area contributed by atoms with Gasteiger partial charge in [0.1, 0.15) is 5.69 Å². The molecule has 0 saturated heterocycles. The molecule has 13 heavy (non-hydrogen) atoms. The molecule has 0 aromatic carbocycles. The van der Waals surface area contributed by atoms with Crippen molar-refractivity contribution >= 4 is 17.2 Å². The number of carbonyl (C=O) groups is 1. The van der Waals surface area contributed by atoms with Crippen LogP contribution in [0.1, 0.15) is 36.3 Å². The van der Waals surface area contributed by atoms with E-state index in [9.17, 15) is 4.79 Å². The molecule has 0 unspecified atom stereocenters. The Labute approximate surface area is 82.2 Å². The summed E-state index contributed by atoms with van der Waals surface area (Å²) in [6.45, 7) is 7.73. The first-order valence-electron chi connectivity index (χ1n) is 4.13. The second-order valence-electron chi connectivity index (χ2n) is 3.96. The third-order valence-electron chi connectivity index (χ3n) is 1.34. The second-order valence-corrected chi connectivity index (χ2v) is 5.02. The van der Waals surface area contributed by atoms with Crippen LogP contribution < -0.4 is 5.32 Å². The maximum atomic E-state index is 11.5. The van der Waals surface area contributed by atoms with Crippen molar-refractivity contribution in [3.63, 3.8) is 0 Å². The zero-order valence-corrected chi connectivity index (χ0v) is 9.16. The van der Waals surface area contributed by atoms with Gasteiger partial charge in [-0.2, -0.15) is 0 Å². The molecule has 0 bridgehead atoms. The van der Waals surface area contributed by atoms with E-state index in [2.05, 4.69) is 10.3 Å². The van der Waals surface area contributed by atoms with Crippen molar-refractivity contribution in [2.45, 2.75) is 33.2 Å². The van der Waals surface area contributed by atoms with E-state index in [0.29, 0.717) is 5.69 Å². The zero-order valence-electron chi connectivity index (χ0n) is 8.34. The van der Waals surface area contributed by atoms with Gasteiger partial charge in [-0.05, 0) is 27.7 Å². The van der Waals surface area contributed by atoms with Crippen molar-refractivity contribution < 1.29 is 4.79 Å². The number of aromatic nitrogens is 1. The van der Waals surface area contributed by atoms with Crippen molar-refractivity contribution in [2.75, 3.05) is 0 Å². The lowest BCUT2D eigenvalue weighted by molar-refractivity contribution is 0.0915. The van der Waals surface area contributed by atoms with Crippen LogP contribution in [0.3, 0.4) is 0 Å². The van der Waals surface area contributed by atoms with Gasteiger partial charge in [0.05, 0.1) is 5.01 Å². The van der Waals surface area contributed by atoms with Crippen LogP contribution in [0.2, 0.25) is 0 Å². The molecule has 0 fully saturated rings. The smallest absolute Gasteiger partial charge is 0.271 e. The lowest BCUT2D eigenvalue weighted by Crippen LogP contribution is -2.40. The average molecular weight is 198 g/mol. The number of nitrogens with one attached hydrogen (secondary N) is 1. The molecule has 0 aliphatic rings. The lowest BCUT2D eigenvalue weighted by Gasteiger charge is -2.19. The standard InChI is InChI=1S/C9H14N2OS/c1-6-10-7(5-13-6)8(12)11-9(2,3)4/h5H,1-4H3,(H,11,12). The van der Waals surface area contributed by atoms with E-state index in [1.807, 2.05) is 27.7 Å². The van der Waals surface area contributed by atoms with E-state index < -0.39 is 0 Å². The third kappa shape index (κ3) is 3.14. The summed E-state index contributed by atoms with van der Waals surface area (Å²) in [6.07, 6.45) is 0. The Hall–Kier alpha value is -0.900. The number of carbonyl (C=O) groups excluding carboxylic acids is 1. The maximum absolute atomic E-state index is 11.5. The fraction of sp³-hybridized carbons (Fsp3) is 0.556. The first-order chi connectivity index (χ1) is 5.88. The molecule has 0 aliphatic heterocycles. The summed E-state index contributed by atoms with van der Waals surface area (Å²) in [5.74, 6) is -0.100. The van der Waals surface area contributed by atoms with Crippen molar-refractivity contribution in [2.24, 2.45) is 0 Å². The van der Waals surface area contributed by atoms with Crippen LogP contribution in [-0.2, 0) is 0 Å². The van der Waals surface area contributed by atoms with Gasteiger partial charge in [-0.1, -0.05) is 0 Å². The number of hydrogen-bond acceptors (Lipinski definition) is 3. The SMILES string of the molecule is Cc1nc(C(=O)NC(C)(C)C)cs1. The molecule has 1 amide bonds. The molecule has 1 N–H and O–H groups in total.